The first-order valence-electron chi connectivity index (χ1n) is 9.08. The number of hydrogen-bond donors (Lipinski definition) is 1. The summed E-state index contributed by atoms with van der Waals surface area (Å²) in [4.78, 5) is 22.9. The van der Waals surface area contributed by atoms with E-state index in [4.69, 9.17) is 11.6 Å². The van der Waals surface area contributed by atoms with Gasteiger partial charge in [-0.05, 0) is 29.8 Å². The second-order valence-electron chi connectivity index (χ2n) is 7.01. The third kappa shape index (κ3) is 2.86. The van der Waals surface area contributed by atoms with Crippen LogP contribution >= 0.6 is 11.6 Å². The van der Waals surface area contributed by atoms with Gasteiger partial charge >= 0.3 is 0 Å². The Kier molecular flexibility index (Phi) is 3.87. The number of carbonyl (C=O) groups excluding carboxylic acids is 1. The number of para-hydroxylation sites is 1. The Morgan fingerprint density at radius 2 is 2.07 bits per heavy atom. The lowest BCUT2D eigenvalue weighted by Crippen LogP contribution is -2.36. The lowest BCUT2D eigenvalue weighted by atomic mass is 10.0. The number of halogens is 1. The Hall–Kier alpha value is -2.85. The molecule has 1 amide bonds. The smallest absolute Gasteiger partial charge is 0.227 e. The average Bonchev–Trinajstić information content (AvgIpc) is 3.05. The monoisotopic (exact) mass is 375 g/mol. The second kappa shape index (κ2) is 6.39. The number of H-pyrrole nitrogens is 1. The molecule has 0 spiro atoms. The van der Waals surface area contributed by atoms with E-state index >= 15 is 0 Å². The van der Waals surface area contributed by atoms with Crippen LogP contribution in [-0.4, -0.2) is 27.3 Å². The van der Waals surface area contributed by atoms with E-state index in [-0.39, 0.29) is 5.91 Å². The molecule has 2 aromatic heterocycles. The lowest BCUT2D eigenvalue weighted by molar-refractivity contribution is -0.131. The fourth-order valence-corrected chi connectivity index (χ4v) is 4.16. The number of rotatable bonds is 2. The second-order valence-corrected chi connectivity index (χ2v) is 7.44. The van der Waals surface area contributed by atoms with Crippen molar-refractivity contribution in [2.24, 2.45) is 0 Å². The summed E-state index contributed by atoms with van der Waals surface area (Å²) < 4.78 is 0. The molecule has 5 heteroatoms. The Labute approximate surface area is 161 Å². The number of carbonyl (C=O) groups is 1. The molecule has 2 aromatic carbocycles. The van der Waals surface area contributed by atoms with Gasteiger partial charge in [-0.2, -0.15) is 0 Å². The van der Waals surface area contributed by atoms with Crippen LogP contribution in [0.2, 0.25) is 5.02 Å². The van der Waals surface area contributed by atoms with E-state index in [0.717, 1.165) is 45.4 Å². The van der Waals surface area contributed by atoms with Gasteiger partial charge in [0.15, 0.2) is 0 Å². The first kappa shape index (κ1) is 16.3. The Morgan fingerprint density at radius 1 is 1.19 bits per heavy atom. The summed E-state index contributed by atoms with van der Waals surface area (Å²) in [6.45, 7) is 1.34. The molecule has 0 saturated carbocycles. The maximum atomic E-state index is 13.0. The summed E-state index contributed by atoms with van der Waals surface area (Å²) in [5.74, 6) is 0.134. The van der Waals surface area contributed by atoms with E-state index in [0.29, 0.717) is 13.0 Å². The molecule has 4 aromatic rings. The van der Waals surface area contributed by atoms with Crippen molar-refractivity contribution < 1.29 is 4.79 Å². The Bertz CT molecular complexity index is 1180. The number of aromatic nitrogens is 2. The number of hydrogen-bond acceptors (Lipinski definition) is 2. The third-order valence-electron chi connectivity index (χ3n) is 5.35. The van der Waals surface area contributed by atoms with Crippen LogP contribution in [0.5, 0.6) is 0 Å². The molecular formula is C22H18ClN3O. The van der Waals surface area contributed by atoms with Gasteiger partial charge in [-0.15, -0.1) is 0 Å². The minimum absolute atomic E-state index is 0.134. The minimum Gasteiger partial charge on any atom is -0.358 e. The average molecular weight is 376 g/mol. The lowest BCUT2D eigenvalue weighted by Gasteiger charge is -2.27. The van der Waals surface area contributed by atoms with Crippen molar-refractivity contribution in [2.45, 2.75) is 19.4 Å². The maximum absolute atomic E-state index is 13.0. The molecule has 0 bridgehead atoms. The van der Waals surface area contributed by atoms with Crippen LogP contribution in [-0.2, 0) is 24.2 Å². The van der Waals surface area contributed by atoms with Crippen molar-refractivity contribution in [3.8, 4) is 0 Å². The van der Waals surface area contributed by atoms with Gasteiger partial charge in [-0.25, -0.2) is 0 Å². The molecule has 1 aliphatic heterocycles. The van der Waals surface area contributed by atoms with Crippen molar-refractivity contribution in [3.05, 3.63) is 76.6 Å². The quantitative estimate of drug-likeness (QED) is 0.561. The molecule has 0 atom stereocenters. The zero-order valence-corrected chi connectivity index (χ0v) is 15.5. The van der Waals surface area contributed by atoms with Crippen LogP contribution in [0, 0.1) is 0 Å². The normalized spacial score (nSPS) is 13.9. The van der Waals surface area contributed by atoms with Gasteiger partial charge in [0.2, 0.25) is 5.91 Å². The molecule has 27 heavy (non-hydrogen) atoms. The van der Waals surface area contributed by atoms with E-state index < -0.39 is 0 Å². The zero-order valence-electron chi connectivity index (χ0n) is 14.7. The zero-order chi connectivity index (χ0) is 18.4. The first-order valence-corrected chi connectivity index (χ1v) is 9.46. The standard InChI is InChI=1S/C22H18ClN3O/c23-16-6-7-19-17(12-16)18-13-26(10-8-20(18)25-19)21(27)11-15-4-1-3-14-5-2-9-24-22(14)15/h1-7,9,12,25H,8,10-11,13H2. The number of pyridine rings is 1. The number of nitrogens with one attached hydrogen (secondary N) is 1. The molecule has 0 saturated heterocycles. The van der Waals surface area contributed by atoms with Crippen LogP contribution in [0.3, 0.4) is 0 Å². The van der Waals surface area contributed by atoms with E-state index in [1.54, 1.807) is 6.20 Å². The van der Waals surface area contributed by atoms with E-state index in [1.165, 1.54) is 11.3 Å². The highest BCUT2D eigenvalue weighted by atomic mass is 35.5. The van der Waals surface area contributed by atoms with Gasteiger partial charge < -0.3 is 9.88 Å². The molecule has 0 unspecified atom stereocenters. The SMILES string of the molecule is O=C(Cc1cccc2cccnc12)N1CCc2[nH]c3ccc(Cl)cc3c2C1. The summed E-state index contributed by atoms with van der Waals surface area (Å²) in [6, 6.07) is 15.8. The van der Waals surface area contributed by atoms with Crippen molar-refractivity contribution in [1.29, 1.82) is 0 Å². The van der Waals surface area contributed by atoms with Crippen LogP contribution in [0.4, 0.5) is 0 Å². The van der Waals surface area contributed by atoms with Gasteiger partial charge in [0.1, 0.15) is 0 Å². The molecule has 4 nitrogen and oxygen atoms in total. The molecular weight excluding hydrogens is 358 g/mol. The topological polar surface area (TPSA) is 49.0 Å². The van der Waals surface area contributed by atoms with Crippen molar-refractivity contribution >= 4 is 39.3 Å². The minimum atomic E-state index is 0.134. The highest BCUT2D eigenvalue weighted by Crippen LogP contribution is 2.30. The Balaban J connectivity index is 1.43. The summed E-state index contributed by atoms with van der Waals surface area (Å²) >= 11 is 6.18. The molecule has 1 aliphatic rings. The highest BCUT2D eigenvalue weighted by molar-refractivity contribution is 6.31. The molecule has 0 fully saturated rings. The van der Waals surface area contributed by atoms with Gasteiger partial charge in [-0.3, -0.25) is 9.78 Å². The fraction of sp³-hybridized carbons (Fsp3) is 0.182. The summed E-state index contributed by atoms with van der Waals surface area (Å²) in [6.07, 6.45) is 2.98. The van der Waals surface area contributed by atoms with Crippen molar-refractivity contribution in [3.63, 3.8) is 0 Å². The number of benzene rings is 2. The fourth-order valence-electron chi connectivity index (χ4n) is 3.98. The highest BCUT2D eigenvalue weighted by Gasteiger charge is 2.24. The molecule has 1 N–H and O–H groups in total. The van der Waals surface area contributed by atoms with Crippen LogP contribution in [0.15, 0.2) is 54.7 Å². The molecule has 0 radical (unpaired) electrons. The van der Waals surface area contributed by atoms with Crippen molar-refractivity contribution in [1.82, 2.24) is 14.9 Å². The predicted octanol–water partition coefficient (Wildman–Crippen LogP) is 4.50. The summed E-state index contributed by atoms with van der Waals surface area (Å²) in [7, 11) is 0. The Morgan fingerprint density at radius 3 is 3.00 bits per heavy atom. The summed E-state index contributed by atoms with van der Waals surface area (Å²) in [5, 5.41) is 2.89. The molecule has 134 valence electrons. The van der Waals surface area contributed by atoms with Crippen LogP contribution in [0.1, 0.15) is 16.8 Å². The number of amides is 1. The maximum Gasteiger partial charge on any atom is 0.227 e. The number of fused-ring (bicyclic) bond motifs is 4. The van der Waals surface area contributed by atoms with E-state index in [9.17, 15) is 4.79 Å². The largest absolute Gasteiger partial charge is 0.358 e. The third-order valence-corrected chi connectivity index (χ3v) is 5.58. The van der Waals surface area contributed by atoms with E-state index in [2.05, 4.69) is 9.97 Å². The van der Waals surface area contributed by atoms with Crippen LogP contribution in [0.25, 0.3) is 21.8 Å². The molecule has 3 heterocycles. The number of aromatic amines is 1. The predicted molar refractivity (Wildman–Crippen MR) is 108 cm³/mol. The van der Waals surface area contributed by atoms with E-state index in [1.807, 2.05) is 53.4 Å². The number of nitrogens with zero attached hydrogens (tertiary/aromatic N) is 2. The first-order chi connectivity index (χ1) is 13.2. The van der Waals surface area contributed by atoms with Gasteiger partial charge in [-0.1, -0.05) is 35.9 Å². The van der Waals surface area contributed by atoms with Gasteiger partial charge in [0.05, 0.1) is 11.9 Å². The van der Waals surface area contributed by atoms with Crippen molar-refractivity contribution in [2.75, 3.05) is 6.54 Å². The van der Waals surface area contributed by atoms with Crippen LogP contribution < -0.4 is 0 Å². The molecule has 0 aliphatic carbocycles. The van der Waals surface area contributed by atoms with Gasteiger partial charge in [0.25, 0.3) is 0 Å². The molecule has 5 rings (SSSR count). The van der Waals surface area contributed by atoms with Gasteiger partial charge in [0, 0.05) is 58.3 Å². The summed E-state index contributed by atoms with van der Waals surface area (Å²) in [5.41, 5.74) is 5.36.